The van der Waals surface area contributed by atoms with E-state index in [-0.39, 0.29) is 0 Å². The molecule has 0 aromatic heterocycles. The van der Waals surface area contributed by atoms with Gasteiger partial charge in [-0.1, -0.05) is 13.8 Å². The van der Waals surface area contributed by atoms with E-state index < -0.39 is 8.80 Å². The van der Waals surface area contributed by atoms with Gasteiger partial charge in [-0.3, -0.25) is 0 Å². The van der Waals surface area contributed by atoms with Gasteiger partial charge in [-0.2, -0.15) is 0 Å². The molecule has 0 fully saturated rings. The molecular weight excluding hydrogens is 326 g/mol. The average Bonchev–Trinajstić information content (AvgIpc) is 2.28. The summed E-state index contributed by atoms with van der Waals surface area (Å²) in [5.41, 5.74) is 0. The Morgan fingerprint density at radius 2 is 1.47 bits per heavy atom. The minimum Gasteiger partial charge on any atom is -0.374 e. The van der Waals surface area contributed by atoms with Crippen molar-refractivity contribution >= 4 is 25.0 Å². The molecule has 0 aromatic carbocycles. The zero-order valence-corrected chi connectivity index (χ0v) is 15.7. The highest BCUT2D eigenvalue weighted by Crippen LogP contribution is 2.19. The van der Waals surface area contributed by atoms with E-state index in [0.717, 1.165) is 25.6 Å². The zero-order valence-electron chi connectivity index (χ0n) is 13.1. The van der Waals surface area contributed by atoms with Crippen LogP contribution >= 0.6 is 16.1 Å². The summed E-state index contributed by atoms with van der Waals surface area (Å²) >= 11 is 3.59. The Kier molecular flexibility index (Phi) is 11.5. The van der Waals surface area contributed by atoms with Crippen molar-refractivity contribution in [3.05, 3.63) is 0 Å². The molecule has 0 rings (SSSR count). The molecule has 19 heavy (non-hydrogen) atoms. The zero-order chi connectivity index (χ0) is 14.7. The van der Waals surface area contributed by atoms with E-state index in [0.29, 0.717) is 25.7 Å². The summed E-state index contributed by atoms with van der Waals surface area (Å²) in [4.78, 5) is 0. The van der Waals surface area contributed by atoms with E-state index in [1.165, 1.54) is 0 Å². The van der Waals surface area contributed by atoms with Gasteiger partial charge in [0.15, 0.2) is 0 Å². The summed E-state index contributed by atoms with van der Waals surface area (Å²) in [5.74, 6) is 0.659. The van der Waals surface area contributed by atoms with E-state index in [1.54, 1.807) is 0 Å². The van der Waals surface area contributed by atoms with Crippen molar-refractivity contribution < 1.29 is 13.3 Å². The second kappa shape index (κ2) is 11.2. The Bertz CT molecular complexity index is 203. The molecule has 6 heteroatoms. The minimum absolute atomic E-state index is 0.649. The lowest BCUT2D eigenvalue weighted by atomic mass is 10.2. The summed E-state index contributed by atoms with van der Waals surface area (Å²) in [6.07, 6.45) is 1.02. The van der Waals surface area contributed by atoms with Gasteiger partial charge in [0.25, 0.3) is 0 Å². The van der Waals surface area contributed by atoms with E-state index >= 15 is 0 Å². The first-order valence-electron chi connectivity index (χ1n) is 7.32. The van der Waals surface area contributed by atoms with Crippen LogP contribution in [0, 0.1) is 5.92 Å². The molecule has 0 N–H and O–H groups in total. The lowest BCUT2D eigenvalue weighted by Gasteiger charge is -2.29. The largest absolute Gasteiger partial charge is 0.500 e. The van der Waals surface area contributed by atoms with Crippen molar-refractivity contribution in [2.24, 2.45) is 5.92 Å². The number of halogens is 1. The highest BCUT2D eigenvalue weighted by molar-refractivity contribution is 9.07. The van der Waals surface area contributed by atoms with Crippen LogP contribution in [0.4, 0.5) is 0 Å². The summed E-state index contributed by atoms with van der Waals surface area (Å²) in [5, 5.41) is 0. The Morgan fingerprint density at radius 3 is 1.84 bits per heavy atom. The van der Waals surface area contributed by atoms with Crippen LogP contribution < -0.4 is 0 Å². The van der Waals surface area contributed by atoms with Crippen molar-refractivity contribution in [3.8, 4) is 0 Å². The molecule has 0 amide bonds. The second-order valence-corrected chi connectivity index (χ2v) is 8.58. The van der Waals surface area contributed by atoms with Gasteiger partial charge in [-0.15, -0.1) is 0 Å². The molecule has 0 bridgehead atoms. The topological polar surface area (TPSA) is 30.9 Å². The van der Waals surface area contributed by atoms with Crippen LogP contribution in [0.25, 0.3) is 0 Å². The maximum atomic E-state index is 5.83. The van der Waals surface area contributed by atoms with Crippen LogP contribution in [0.3, 0.4) is 0 Å². The molecule has 0 radical (unpaired) electrons. The van der Waals surface area contributed by atoms with Crippen LogP contribution in [0.1, 0.15) is 41.0 Å². The molecule has 0 saturated carbocycles. The molecule has 0 aromatic rings. The number of hydrogen-bond donors (Lipinski definition) is 0. The third kappa shape index (κ3) is 9.15. The van der Waals surface area contributed by atoms with Gasteiger partial charge in [0.1, 0.15) is 0 Å². The molecule has 4 nitrogen and oxygen atoms in total. The fourth-order valence-corrected chi connectivity index (χ4v) is 5.38. The van der Waals surface area contributed by atoms with E-state index in [4.69, 9.17) is 13.3 Å². The predicted octanol–water partition coefficient (Wildman–Crippen LogP) is 3.69. The lowest BCUT2D eigenvalue weighted by molar-refractivity contribution is 0.0705. The molecule has 0 aliphatic carbocycles. The molecule has 0 spiro atoms. The molecular formula is C13H30BrNO3Si. The van der Waals surface area contributed by atoms with E-state index in [1.807, 2.05) is 20.8 Å². The van der Waals surface area contributed by atoms with E-state index in [9.17, 15) is 0 Å². The summed E-state index contributed by atoms with van der Waals surface area (Å²) < 4.78 is 19.7. The SMILES string of the molecule is CCO[Si](CCCN(Br)CC(C)C)(OCC)OCC. The van der Waals surface area contributed by atoms with Crippen LogP contribution in [0.5, 0.6) is 0 Å². The minimum atomic E-state index is -2.45. The van der Waals surface area contributed by atoms with Gasteiger partial charge >= 0.3 is 8.80 Å². The quantitative estimate of drug-likeness (QED) is 0.394. The Labute approximate surface area is 128 Å². The average molecular weight is 356 g/mol. The first-order valence-corrected chi connectivity index (χ1v) is 9.96. The van der Waals surface area contributed by atoms with Crippen LogP contribution in [0.15, 0.2) is 0 Å². The van der Waals surface area contributed by atoms with Crippen molar-refractivity contribution in [1.29, 1.82) is 0 Å². The molecule has 0 heterocycles. The van der Waals surface area contributed by atoms with Crippen LogP contribution in [-0.2, 0) is 13.3 Å². The fourth-order valence-electron chi connectivity index (χ4n) is 1.96. The second-order valence-electron chi connectivity index (χ2n) is 4.85. The summed E-state index contributed by atoms with van der Waals surface area (Å²) in [6, 6.07) is 0.878. The van der Waals surface area contributed by atoms with Crippen molar-refractivity contribution in [2.75, 3.05) is 32.9 Å². The van der Waals surface area contributed by atoms with Crippen molar-refractivity contribution in [1.82, 2.24) is 3.93 Å². The first kappa shape index (κ1) is 19.5. The molecule has 0 atom stereocenters. The fraction of sp³-hybridized carbons (Fsp3) is 1.00. The van der Waals surface area contributed by atoms with Crippen LogP contribution in [0.2, 0.25) is 6.04 Å². The predicted molar refractivity (Wildman–Crippen MR) is 85.4 cm³/mol. The third-order valence-corrected chi connectivity index (χ3v) is 6.34. The van der Waals surface area contributed by atoms with Gasteiger partial charge in [0, 0.05) is 55.1 Å². The van der Waals surface area contributed by atoms with Gasteiger partial charge < -0.3 is 13.3 Å². The smallest absolute Gasteiger partial charge is 0.374 e. The number of nitrogens with zero attached hydrogens (tertiary/aromatic N) is 1. The summed E-state index contributed by atoms with van der Waals surface area (Å²) in [6.45, 7) is 14.4. The van der Waals surface area contributed by atoms with Gasteiger partial charge in [-0.25, -0.2) is 3.93 Å². The Hall–Kier alpha value is 0.537. The first-order chi connectivity index (χ1) is 8.99. The molecule has 0 saturated heterocycles. The normalized spacial score (nSPS) is 12.6. The summed E-state index contributed by atoms with van der Waals surface area (Å²) in [7, 11) is -2.45. The highest BCUT2D eigenvalue weighted by Gasteiger charge is 2.39. The Morgan fingerprint density at radius 1 is 1.00 bits per heavy atom. The monoisotopic (exact) mass is 355 g/mol. The lowest BCUT2D eigenvalue weighted by Crippen LogP contribution is -2.46. The standard InChI is InChI=1S/C13H30BrNO3Si/c1-6-16-19(17-7-2,18-8-3)11-9-10-15(14)12-13(4)5/h13H,6-12H2,1-5H3. The molecule has 0 aliphatic rings. The third-order valence-electron chi connectivity index (χ3n) is 2.54. The maximum absolute atomic E-state index is 5.83. The highest BCUT2D eigenvalue weighted by atomic mass is 79.9. The number of rotatable bonds is 12. The Balaban J connectivity index is 4.23. The van der Waals surface area contributed by atoms with Gasteiger partial charge in [0.05, 0.1) is 0 Å². The van der Waals surface area contributed by atoms with Crippen molar-refractivity contribution in [3.63, 3.8) is 0 Å². The molecule has 0 unspecified atom stereocenters. The molecule has 0 aliphatic heterocycles. The molecule has 116 valence electrons. The van der Waals surface area contributed by atoms with Gasteiger partial charge in [0.2, 0.25) is 0 Å². The van der Waals surface area contributed by atoms with Crippen molar-refractivity contribution in [2.45, 2.75) is 47.1 Å². The van der Waals surface area contributed by atoms with Gasteiger partial charge in [-0.05, 0) is 33.1 Å². The number of hydrogen-bond acceptors (Lipinski definition) is 4. The van der Waals surface area contributed by atoms with E-state index in [2.05, 4.69) is 33.9 Å². The maximum Gasteiger partial charge on any atom is 0.500 e. The van der Waals surface area contributed by atoms with Crippen LogP contribution in [-0.4, -0.2) is 45.6 Å².